The maximum Gasteiger partial charge on any atom is 0.238 e. The highest BCUT2D eigenvalue weighted by Gasteiger charge is 2.62. The number of nitrogens with zero attached hydrogens (tertiary/aromatic N) is 2. The fourth-order valence-electron chi connectivity index (χ4n) is 4.70. The molecule has 4 aliphatic rings. The summed E-state index contributed by atoms with van der Waals surface area (Å²) in [5.41, 5.74) is 2.46. The van der Waals surface area contributed by atoms with Gasteiger partial charge in [-0.1, -0.05) is 24.3 Å². The van der Waals surface area contributed by atoms with Crippen LogP contribution in [0.4, 0.5) is 5.69 Å². The van der Waals surface area contributed by atoms with E-state index < -0.39 is 17.8 Å². The zero-order chi connectivity index (χ0) is 16.4. The minimum atomic E-state index is -0.571. The SMILES string of the molecule is O=C1CC2c3ccccc3C1C1C(=O)N(c3cccnc3)C(=O)C21. The molecule has 1 aliphatic heterocycles. The molecule has 4 atom stereocenters. The number of anilines is 1. The number of ketones is 1. The van der Waals surface area contributed by atoms with Crippen LogP contribution in [0.3, 0.4) is 0 Å². The number of imide groups is 1. The predicted octanol–water partition coefficient (Wildman–Crippen LogP) is 2.04. The first-order valence-electron chi connectivity index (χ1n) is 8.08. The first kappa shape index (κ1) is 13.6. The van der Waals surface area contributed by atoms with E-state index in [-0.39, 0.29) is 23.5 Å². The van der Waals surface area contributed by atoms with E-state index in [0.29, 0.717) is 12.1 Å². The monoisotopic (exact) mass is 318 g/mol. The van der Waals surface area contributed by atoms with Crippen molar-refractivity contribution in [3.63, 3.8) is 0 Å². The summed E-state index contributed by atoms with van der Waals surface area (Å²) < 4.78 is 0. The van der Waals surface area contributed by atoms with Crippen LogP contribution in [0.1, 0.15) is 29.4 Å². The van der Waals surface area contributed by atoms with Crippen LogP contribution in [-0.2, 0) is 14.4 Å². The summed E-state index contributed by atoms with van der Waals surface area (Å²) >= 11 is 0. The lowest BCUT2D eigenvalue weighted by Crippen LogP contribution is -2.44. The Bertz CT molecular complexity index is 892. The molecule has 1 aromatic heterocycles. The second-order valence-corrected chi connectivity index (χ2v) is 6.66. The lowest BCUT2D eigenvalue weighted by atomic mass is 9.56. The zero-order valence-corrected chi connectivity index (χ0v) is 12.8. The molecule has 118 valence electrons. The maximum absolute atomic E-state index is 13.0. The van der Waals surface area contributed by atoms with Gasteiger partial charge in [0.15, 0.2) is 0 Å². The highest BCUT2D eigenvalue weighted by Crippen LogP contribution is 2.57. The van der Waals surface area contributed by atoms with Crippen molar-refractivity contribution in [1.82, 2.24) is 4.98 Å². The van der Waals surface area contributed by atoms with E-state index in [0.717, 1.165) is 11.1 Å². The molecule has 2 bridgehead atoms. The van der Waals surface area contributed by atoms with E-state index >= 15 is 0 Å². The number of hydrogen-bond donors (Lipinski definition) is 0. The molecule has 4 unspecified atom stereocenters. The van der Waals surface area contributed by atoms with Crippen LogP contribution in [0.25, 0.3) is 0 Å². The number of pyridine rings is 1. The van der Waals surface area contributed by atoms with Crippen molar-refractivity contribution in [2.24, 2.45) is 11.8 Å². The molecule has 2 heterocycles. The summed E-state index contributed by atoms with van der Waals surface area (Å²) in [6.45, 7) is 0. The Hall–Kier alpha value is -2.82. The van der Waals surface area contributed by atoms with Crippen molar-refractivity contribution in [3.05, 3.63) is 59.9 Å². The van der Waals surface area contributed by atoms with Gasteiger partial charge in [0.05, 0.1) is 29.6 Å². The first-order valence-corrected chi connectivity index (χ1v) is 8.08. The molecular formula is C19H14N2O3. The van der Waals surface area contributed by atoms with Crippen molar-refractivity contribution in [1.29, 1.82) is 0 Å². The lowest BCUT2D eigenvalue weighted by Gasteiger charge is -2.43. The molecule has 2 amide bonds. The second-order valence-electron chi connectivity index (χ2n) is 6.66. The Kier molecular flexibility index (Phi) is 2.61. The number of carbonyl (C=O) groups is 3. The molecule has 5 nitrogen and oxygen atoms in total. The molecule has 0 spiro atoms. The average molecular weight is 318 g/mol. The van der Waals surface area contributed by atoms with Crippen LogP contribution < -0.4 is 4.90 Å². The predicted molar refractivity (Wildman–Crippen MR) is 85.3 cm³/mol. The Morgan fingerprint density at radius 2 is 1.67 bits per heavy atom. The Morgan fingerprint density at radius 3 is 2.42 bits per heavy atom. The first-order chi connectivity index (χ1) is 11.7. The van der Waals surface area contributed by atoms with Gasteiger partial charge < -0.3 is 0 Å². The molecule has 24 heavy (non-hydrogen) atoms. The van der Waals surface area contributed by atoms with Gasteiger partial charge in [0, 0.05) is 18.5 Å². The average Bonchev–Trinajstić information content (AvgIpc) is 2.88. The Labute approximate surface area is 138 Å². The highest BCUT2D eigenvalue weighted by molar-refractivity contribution is 6.24. The third-order valence-corrected chi connectivity index (χ3v) is 5.59. The standard InChI is InChI=1S/C19H14N2O3/c22-14-8-13-11-5-1-2-6-12(11)15(14)17-16(13)18(23)21(19(17)24)10-4-3-7-20-9-10/h1-7,9,13,15-17H,8H2. The molecule has 0 N–H and O–H groups in total. The number of carbonyl (C=O) groups excluding carboxylic acids is 3. The van der Waals surface area contributed by atoms with Crippen molar-refractivity contribution in [2.45, 2.75) is 18.3 Å². The highest BCUT2D eigenvalue weighted by atomic mass is 16.2. The minimum Gasteiger partial charge on any atom is -0.299 e. The maximum atomic E-state index is 13.0. The van der Waals surface area contributed by atoms with E-state index in [1.807, 2.05) is 24.3 Å². The van der Waals surface area contributed by atoms with Crippen LogP contribution in [0, 0.1) is 11.8 Å². The van der Waals surface area contributed by atoms with Crippen LogP contribution >= 0.6 is 0 Å². The second kappa shape index (κ2) is 4.60. The number of fused-ring (bicyclic) bond motifs is 1. The topological polar surface area (TPSA) is 67.3 Å². The number of hydrogen-bond acceptors (Lipinski definition) is 4. The third kappa shape index (κ3) is 1.54. The van der Waals surface area contributed by atoms with Crippen molar-refractivity contribution >= 4 is 23.3 Å². The van der Waals surface area contributed by atoms with Gasteiger partial charge >= 0.3 is 0 Å². The van der Waals surface area contributed by atoms with Gasteiger partial charge in [-0.3, -0.25) is 19.4 Å². The van der Waals surface area contributed by atoms with E-state index in [4.69, 9.17) is 0 Å². The number of Topliss-reactive ketones (excluding diaryl/α,β-unsaturated/α-hetero) is 1. The normalized spacial score (nSPS) is 30.5. The fourth-order valence-corrected chi connectivity index (χ4v) is 4.70. The summed E-state index contributed by atoms with van der Waals surface area (Å²) in [6.07, 6.45) is 3.47. The van der Waals surface area contributed by atoms with Gasteiger partial charge in [-0.15, -0.1) is 0 Å². The number of aromatic nitrogens is 1. The number of rotatable bonds is 1. The third-order valence-electron chi connectivity index (χ3n) is 5.59. The van der Waals surface area contributed by atoms with Crippen molar-refractivity contribution in [2.75, 3.05) is 4.90 Å². The van der Waals surface area contributed by atoms with E-state index in [1.54, 1.807) is 18.3 Å². The Balaban J connectivity index is 1.68. The van der Waals surface area contributed by atoms with Crippen LogP contribution in [0.5, 0.6) is 0 Å². The van der Waals surface area contributed by atoms with Gasteiger partial charge in [0.25, 0.3) is 0 Å². The van der Waals surface area contributed by atoms with Gasteiger partial charge in [-0.2, -0.15) is 0 Å². The smallest absolute Gasteiger partial charge is 0.238 e. The molecule has 6 rings (SSSR count). The molecule has 2 fully saturated rings. The molecule has 1 saturated heterocycles. The molecule has 5 heteroatoms. The summed E-state index contributed by atoms with van der Waals surface area (Å²) in [4.78, 5) is 43.8. The molecule has 2 aromatic rings. The summed E-state index contributed by atoms with van der Waals surface area (Å²) in [7, 11) is 0. The molecule has 1 aromatic carbocycles. The largest absolute Gasteiger partial charge is 0.299 e. The number of amides is 2. The summed E-state index contributed by atoms with van der Waals surface area (Å²) in [5.74, 6) is -2.08. The molecule has 3 aliphatic carbocycles. The van der Waals surface area contributed by atoms with Crippen LogP contribution in [0.2, 0.25) is 0 Å². The van der Waals surface area contributed by atoms with Crippen LogP contribution in [0.15, 0.2) is 48.8 Å². The van der Waals surface area contributed by atoms with Crippen molar-refractivity contribution in [3.8, 4) is 0 Å². The van der Waals surface area contributed by atoms with Crippen molar-refractivity contribution < 1.29 is 14.4 Å². The zero-order valence-electron chi connectivity index (χ0n) is 12.8. The van der Waals surface area contributed by atoms with Gasteiger partial charge in [-0.25, -0.2) is 4.90 Å². The molecular weight excluding hydrogens is 304 g/mol. The molecule has 0 radical (unpaired) electrons. The molecule has 1 saturated carbocycles. The Morgan fingerprint density at radius 1 is 0.917 bits per heavy atom. The van der Waals surface area contributed by atoms with Gasteiger partial charge in [0.1, 0.15) is 5.78 Å². The van der Waals surface area contributed by atoms with Gasteiger partial charge in [0.2, 0.25) is 11.8 Å². The summed E-state index contributed by atoms with van der Waals surface area (Å²) in [6, 6.07) is 11.1. The van der Waals surface area contributed by atoms with E-state index in [2.05, 4.69) is 4.98 Å². The fraction of sp³-hybridized carbons (Fsp3) is 0.263. The number of benzene rings is 1. The lowest BCUT2D eigenvalue weighted by molar-refractivity contribution is -0.134. The van der Waals surface area contributed by atoms with E-state index in [9.17, 15) is 14.4 Å². The quantitative estimate of drug-likeness (QED) is 0.755. The minimum absolute atomic E-state index is 0.0779. The van der Waals surface area contributed by atoms with Crippen LogP contribution in [-0.4, -0.2) is 22.6 Å². The van der Waals surface area contributed by atoms with E-state index in [1.165, 1.54) is 11.1 Å². The van der Waals surface area contributed by atoms with Gasteiger partial charge in [-0.05, 0) is 23.3 Å². The summed E-state index contributed by atoms with van der Waals surface area (Å²) in [5, 5.41) is 0.